The lowest BCUT2D eigenvalue weighted by Gasteiger charge is -2.34. The zero-order chi connectivity index (χ0) is 26.0. The number of rotatable bonds is 5. The van der Waals surface area contributed by atoms with Gasteiger partial charge in [0.25, 0.3) is 5.56 Å². The van der Waals surface area contributed by atoms with Crippen LogP contribution in [0.25, 0.3) is 10.9 Å². The number of carbonyl (C=O) groups excluding carboxylic acids is 1. The number of amides is 1. The molecule has 7 heteroatoms. The van der Waals surface area contributed by atoms with Crippen LogP contribution in [0.3, 0.4) is 0 Å². The highest BCUT2D eigenvalue weighted by Crippen LogP contribution is 2.24. The van der Waals surface area contributed by atoms with Gasteiger partial charge in [0.05, 0.1) is 10.9 Å². The van der Waals surface area contributed by atoms with Gasteiger partial charge in [0, 0.05) is 32.0 Å². The minimum atomic E-state index is -0.547. The number of hydrogen-bond acceptors (Lipinski definition) is 4. The zero-order valence-electron chi connectivity index (χ0n) is 21.9. The molecule has 0 unspecified atom stereocenters. The van der Waals surface area contributed by atoms with Gasteiger partial charge in [0.2, 0.25) is 0 Å². The Bertz CT molecular complexity index is 1310. The summed E-state index contributed by atoms with van der Waals surface area (Å²) < 4.78 is 21.5. The molecule has 0 radical (unpaired) electrons. The SMILES string of the molecule is CC(C)c1nc2ccc(Cc3ccccc3F)cc2c(=O)n1C[C@H]1CCCN(C(=O)OC(C)(C)C)C1. The molecular formula is C29H36FN3O3. The van der Waals surface area contributed by atoms with E-state index in [0.29, 0.717) is 42.5 Å². The van der Waals surface area contributed by atoms with Gasteiger partial charge in [-0.15, -0.1) is 0 Å². The van der Waals surface area contributed by atoms with Crippen molar-refractivity contribution in [3.63, 3.8) is 0 Å². The molecule has 36 heavy (non-hydrogen) atoms. The van der Waals surface area contributed by atoms with Gasteiger partial charge in [0.15, 0.2) is 0 Å². The van der Waals surface area contributed by atoms with Crippen LogP contribution in [0.4, 0.5) is 9.18 Å². The van der Waals surface area contributed by atoms with Crippen molar-refractivity contribution in [2.75, 3.05) is 13.1 Å². The Kier molecular flexibility index (Phi) is 7.48. The molecule has 0 saturated carbocycles. The van der Waals surface area contributed by atoms with E-state index in [2.05, 4.69) is 0 Å². The lowest BCUT2D eigenvalue weighted by atomic mass is 9.97. The van der Waals surface area contributed by atoms with Crippen molar-refractivity contribution in [3.05, 3.63) is 75.6 Å². The van der Waals surface area contributed by atoms with Crippen LogP contribution in [0.5, 0.6) is 0 Å². The first-order chi connectivity index (χ1) is 17.0. The first kappa shape index (κ1) is 25.9. The molecule has 0 aliphatic carbocycles. The topological polar surface area (TPSA) is 64.4 Å². The molecule has 0 N–H and O–H groups in total. The Labute approximate surface area is 212 Å². The van der Waals surface area contributed by atoms with Gasteiger partial charge in [-0.05, 0) is 68.9 Å². The summed E-state index contributed by atoms with van der Waals surface area (Å²) >= 11 is 0. The second kappa shape index (κ2) is 10.4. The number of nitrogens with zero attached hydrogens (tertiary/aromatic N) is 3. The predicted molar refractivity (Wildman–Crippen MR) is 140 cm³/mol. The number of fused-ring (bicyclic) bond motifs is 1. The molecule has 4 rings (SSSR count). The number of halogens is 1. The fourth-order valence-electron chi connectivity index (χ4n) is 4.84. The van der Waals surface area contributed by atoms with E-state index < -0.39 is 5.60 Å². The molecule has 2 heterocycles. The van der Waals surface area contributed by atoms with E-state index in [0.717, 1.165) is 24.2 Å². The molecule has 1 aliphatic heterocycles. The Morgan fingerprint density at radius 3 is 2.64 bits per heavy atom. The summed E-state index contributed by atoms with van der Waals surface area (Å²) in [6.07, 6.45) is 1.89. The van der Waals surface area contributed by atoms with Crippen molar-refractivity contribution >= 4 is 17.0 Å². The quantitative estimate of drug-likeness (QED) is 0.444. The lowest BCUT2D eigenvalue weighted by Crippen LogP contribution is -2.44. The fourth-order valence-corrected chi connectivity index (χ4v) is 4.84. The van der Waals surface area contributed by atoms with Gasteiger partial charge in [-0.1, -0.05) is 38.1 Å². The first-order valence-corrected chi connectivity index (χ1v) is 12.8. The molecule has 6 nitrogen and oxygen atoms in total. The third-order valence-corrected chi connectivity index (χ3v) is 6.53. The van der Waals surface area contributed by atoms with E-state index in [1.807, 2.05) is 58.9 Å². The van der Waals surface area contributed by atoms with Crippen molar-refractivity contribution in [2.24, 2.45) is 5.92 Å². The summed E-state index contributed by atoms with van der Waals surface area (Å²) in [7, 11) is 0. The Morgan fingerprint density at radius 1 is 1.19 bits per heavy atom. The number of benzene rings is 2. The van der Waals surface area contributed by atoms with Crippen molar-refractivity contribution in [2.45, 2.75) is 71.9 Å². The summed E-state index contributed by atoms with van der Waals surface area (Å²) in [5, 5.41) is 0.535. The number of ether oxygens (including phenoxy) is 1. The lowest BCUT2D eigenvalue weighted by molar-refractivity contribution is 0.0156. The molecular weight excluding hydrogens is 457 g/mol. The van der Waals surface area contributed by atoms with Crippen molar-refractivity contribution in [1.82, 2.24) is 14.5 Å². The van der Waals surface area contributed by atoms with Crippen LogP contribution in [0.2, 0.25) is 0 Å². The molecule has 3 aromatic rings. The number of piperidine rings is 1. The van der Waals surface area contributed by atoms with E-state index in [-0.39, 0.29) is 29.3 Å². The average Bonchev–Trinajstić information content (AvgIpc) is 2.81. The second-order valence-corrected chi connectivity index (χ2v) is 11.1. The average molecular weight is 494 g/mol. The van der Waals surface area contributed by atoms with Crippen LogP contribution < -0.4 is 5.56 Å². The molecule has 2 aromatic carbocycles. The largest absolute Gasteiger partial charge is 0.444 e. The number of likely N-dealkylation sites (tertiary alicyclic amines) is 1. The van der Waals surface area contributed by atoms with Crippen LogP contribution in [-0.4, -0.2) is 39.2 Å². The molecule has 1 aromatic heterocycles. The minimum Gasteiger partial charge on any atom is -0.444 e. The highest BCUT2D eigenvalue weighted by atomic mass is 19.1. The standard InChI is InChI=1S/C29H36FN3O3/c1-19(2)26-31-25-13-12-20(15-22-10-6-7-11-24(22)30)16-23(25)27(34)33(26)18-21-9-8-14-32(17-21)28(35)36-29(3,4)5/h6-7,10-13,16,19,21H,8-9,14-15,17-18H2,1-5H3/t21-/m0/s1. The number of aromatic nitrogens is 2. The second-order valence-electron chi connectivity index (χ2n) is 11.1. The van der Waals surface area contributed by atoms with Crippen LogP contribution in [0, 0.1) is 11.7 Å². The van der Waals surface area contributed by atoms with Gasteiger partial charge in [-0.25, -0.2) is 14.2 Å². The van der Waals surface area contributed by atoms with E-state index in [1.165, 1.54) is 6.07 Å². The smallest absolute Gasteiger partial charge is 0.410 e. The van der Waals surface area contributed by atoms with Gasteiger partial charge in [0.1, 0.15) is 17.2 Å². The van der Waals surface area contributed by atoms with Crippen LogP contribution >= 0.6 is 0 Å². The third kappa shape index (κ3) is 5.94. The highest BCUT2D eigenvalue weighted by molar-refractivity contribution is 5.78. The fraction of sp³-hybridized carbons (Fsp3) is 0.483. The van der Waals surface area contributed by atoms with Gasteiger partial charge < -0.3 is 9.64 Å². The molecule has 1 aliphatic rings. The number of hydrogen-bond donors (Lipinski definition) is 0. The summed E-state index contributed by atoms with van der Waals surface area (Å²) in [5.74, 6) is 0.673. The molecule has 1 saturated heterocycles. The molecule has 0 spiro atoms. The molecule has 192 valence electrons. The predicted octanol–water partition coefficient (Wildman–Crippen LogP) is 5.90. The molecule has 1 fully saturated rings. The molecule has 1 atom stereocenters. The maximum absolute atomic E-state index is 14.2. The zero-order valence-corrected chi connectivity index (χ0v) is 21.9. The van der Waals surface area contributed by atoms with Gasteiger partial charge >= 0.3 is 6.09 Å². The molecule has 1 amide bonds. The summed E-state index contributed by atoms with van der Waals surface area (Å²) in [5.41, 5.74) is 1.47. The van der Waals surface area contributed by atoms with E-state index in [9.17, 15) is 14.0 Å². The molecule has 0 bridgehead atoms. The summed E-state index contributed by atoms with van der Waals surface area (Å²) in [6, 6.07) is 12.3. The van der Waals surface area contributed by atoms with E-state index in [1.54, 1.807) is 21.6 Å². The first-order valence-electron chi connectivity index (χ1n) is 12.8. The van der Waals surface area contributed by atoms with E-state index in [4.69, 9.17) is 9.72 Å². The van der Waals surface area contributed by atoms with E-state index >= 15 is 0 Å². The maximum Gasteiger partial charge on any atom is 0.410 e. The normalized spacial score (nSPS) is 16.5. The van der Waals surface area contributed by atoms with Gasteiger partial charge in [-0.2, -0.15) is 0 Å². The third-order valence-electron chi connectivity index (χ3n) is 6.53. The van der Waals surface area contributed by atoms with Gasteiger partial charge in [-0.3, -0.25) is 9.36 Å². The summed E-state index contributed by atoms with van der Waals surface area (Å²) in [4.78, 5) is 33.0. The Balaban J connectivity index is 1.64. The van der Waals surface area contributed by atoms with Crippen molar-refractivity contribution in [1.29, 1.82) is 0 Å². The van der Waals surface area contributed by atoms with Crippen LogP contribution in [0.1, 0.15) is 70.3 Å². The van der Waals surface area contributed by atoms with Crippen LogP contribution in [-0.2, 0) is 17.7 Å². The van der Waals surface area contributed by atoms with Crippen LogP contribution in [0.15, 0.2) is 47.3 Å². The van der Waals surface area contributed by atoms with Crippen molar-refractivity contribution < 1.29 is 13.9 Å². The summed E-state index contributed by atoms with van der Waals surface area (Å²) in [6.45, 7) is 11.4. The number of carbonyl (C=O) groups is 1. The Hall–Kier alpha value is -3.22. The Morgan fingerprint density at radius 2 is 1.94 bits per heavy atom. The minimum absolute atomic E-state index is 0.0609. The maximum atomic E-state index is 14.2. The highest BCUT2D eigenvalue weighted by Gasteiger charge is 2.29. The monoisotopic (exact) mass is 493 g/mol. The van der Waals surface area contributed by atoms with Crippen molar-refractivity contribution in [3.8, 4) is 0 Å².